The van der Waals surface area contributed by atoms with Crippen molar-refractivity contribution in [3.8, 4) is 0 Å². The first kappa shape index (κ1) is 52.5. The standard InChI is InChI=1S/C52H56N6O10S4/c1-53(31-49(61)55(3)41-19-13-35(33-59)14-20-41)51(63)47-27-43(29-57(47)71(65,66)45-23-17-37-9-5-7-11-39(37)25-45)69-70-44-28-48(52(64)54(2)32-50(62)56(4)42-21-15-36(34-60)16-22-42)58(30-44)72(67,68)46-24-18-38-10-6-8-12-40(38)26-46/h5-26,43-44,47-48,59-60H,27-34H2,1-4H3/t43-,44-,47+,48+/m1/s1. The normalized spacial score (nSPS) is 18.6. The summed E-state index contributed by atoms with van der Waals surface area (Å²) in [5, 5.41) is 21.1. The predicted octanol–water partition coefficient (Wildman–Crippen LogP) is 5.57. The third-order valence-electron chi connectivity index (χ3n) is 13.2. The van der Waals surface area contributed by atoms with Gasteiger partial charge in [0.15, 0.2) is 0 Å². The number of sulfonamides is 2. The van der Waals surface area contributed by atoms with Crippen molar-refractivity contribution >= 4 is 98.2 Å². The van der Waals surface area contributed by atoms with Crippen LogP contribution in [-0.2, 0) is 52.4 Å². The fourth-order valence-corrected chi connectivity index (χ4v) is 15.6. The Bertz CT molecular complexity index is 3000. The smallest absolute Gasteiger partial charge is 0.246 e. The SMILES string of the molecule is CN(CC(=O)N(C)c1ccc(CO)cc1)C(=O)[C@@H]1C[C@@H](SS[C@@H]2C[C@@H](C(=O)N(C)CC(=O)N(C)c3ccc(CO)cc3)N(S(=O)(=O)c3ccc4ccccc4c3)C2)CN1S(=O)(=O)c1ccc2ccccc2c1. The minimum atomic E-state index is -4.30. The quantitative estimate of drug-likeness (QED) is 0.108. The molecule has 4 atom stereocenters. The minimum Gasteiger partial charge on any atom is -0.392 e. The van der Waals surface area contributed by atoms with Gasteiger partial charge in [-0.05, 0) is 94.0 Å². The van der Waals surface area contributed by atoms with E-state index in [1.165, 1.54) is 76.0 Å². The van der Waals surface area contributed by atoms with E-state index in [9.17, 15) is 46.2 Å². The van der Waals surface area contributed by atoms with Gasteiger partial charge >= 0.3 is 0 Å². The van der Waals surface area contributed by atoms with Gasteiger partial charge in [-0.3, -0.25) is 19.2 Å². The van der Waals surface area contributed by atoms with Crippen LogP contribution in [0.4, 0.5) is 11.4 Å². The van der Waals surface area contributed by atoms with Crippen LogP contribution in [0.15, 0.2) is 143 Å². The van der Waals surface area contributed by atoms with Gasteiger partial charge < -0.3 is 29.8 Å². The van der Waals surface area contributed by atoms with Crippen molar-refractivity contribution in [1.29, 1.82) is 0 Å². The van der Waals surface area contributed by atoms with E-state index < -0.39 is 66.3 Å². The molecule has 6 aromatic rings. The van der Waals surface area contributed by atoms with E-state index in [1.54, 1.807) is 111 Å². The number of fused-ring (bicyclic) bond motifs is 2. The highest BCUT2D eigenvalue weighted by Gasteiger charge is 2.48. The number of aliphatic hydroxyl groups is 2. The van der Waals surface area contributed by atoms with Gasteiger partial charge in [0, 0.05) is 63.2 Å². The topological polar surface area (TPSA) is 196 Å². The van der Waals surface area contributed by atoms with E-state index in [0.29, 0.717) is 33.3 Å². The molecule has 378 valence electrons. The maximum absolute atomic E-state index is 14.7. The van der Waals surface area contributed by atoms with Gasteiger partial charge in [-0.15, -0.1) is 0 Å². The Balaban J connectivity index is 1.03. The molecule has 20 heteroatoms. The average molecular weight is 1050 g/mol. The van der Waals surface area contributed by atoms with Crippen LogP contribution in [-0.4, -0.2) is 146 Å². The first-order valence-corrected chi connectivity index (χ1v) is 28.3. The first-order chi connectivity index (χ1) is 34.4. The number of rotatable bonds is 17. The molecule has 0 spiro atoms. The van der Waals surface area contributed by atoms with Crippen molar-refractivity contribution in [1.82, 2.24) is 18.4 Å². The second kappa shape index (κ2) is 22.1. The fraction of sp³-hybridized carbons (Fsp3) is 0.308. The third-order valence-corrected chi connectivity index (χ3v) is 20.3. The lowest BCUT2D eigenvalue weighted by Gasteiger charge is -2.28. The van der Waals surface area contributed by atoms with E-state index >= 15 is 0 Å². The zero-order chi connectivity index (χ0) is 51.5. The lowest BCUT2D eigenvalue weighted by atomic mass is 10.1. The molecule has 72 heavy (non-hydrogen) atoms. The lowest BCUT2D eigenvalue weighted by molar-refractivity contribution is -0.136. The van der Waals surface area contributed by atoms with Crippen LogP contribution < -0.4 is 9.80 Å². The molecule has 2 fully saturated rings. The molecule has 6 aromatic carbocycles. The Hall–Kier alpha value is -5.84. The Morgan fingerprint density at radius 3 is 1.21 bits per heavy atom. The van der Waals surface area contributed by atoms with Gasteiger partial charge in [0.05, 0.1) is 36.1 Å². The van der Waals surface area contributed by atoms with Gasteiger partial charge in [-0.2, -0.15) is 8.61 Å². The molecule has 0 aliphatic carbocycles. The minimum absolute atomic E-state index is 0.00202. The van der Waals surface area contributed by atoms with Crippen molar-refractivity contribution < 1.29 is 46.2 Å². The summed E-state index contributed by atoms with van der Waals surface area (Å²) in [6, 6.07) is 35.4. The second-order valence-corrected chi connectivity index (χ2v) is 24.7. The second-order valence-electron chi connectivity index (χ2n) is 18.1. The number of hydrogen-bond acceptors (Lipinski definition) is 12. The molecule has 0 bridgehead atoms. The van der Waals surface area contributed by atoms with Crippen molar-refractivity contribution in [3.05, 3.63) is 145 Å². The first-order valence-electron chi connectivity index (χ1n) is 23.2. The molecule has 2 aliphatic heterocycles. The summed E-state index contributed by atoms with van der Waals surface area (Å²) >= 11 is 0. The lowest BCUT2D eigenvalue weighted by Crippen LogP contribution is -2.49. The van der Waals surface area contributed by atoms with Crippen LogP contribution in [0.1, 0.15) is 24.0 Å². The Morgan fingerprint density at radius 2 is 0.861 bits per heavy atom. The summed E-state index contributed by atoms with van der Waals surface area (Å²) in [4.78, 5) is 61.2. The van der Waals surface area contributed by atoms with Crippen LogP contribution in [0.2, 0.25) is 0 Å². The number of anilines is 2. The number of carbonyl (C=O) groups excluding carboxylic acids is 4. The number of aliphatic hydroxyl groups excluding tert-OH is 2. The summed E-state index contributed by atoms with van der Waals surface area (Å²) in [5.74, 6) is -1.99. The number of amides is 4. The fourth-order valence-electron chi connectivity index (χ4n) is 8.96. The Kier molecular flexibility index (Phi) is 16.1. The molecule has 2 aliphatic rings. The number of likely N-dealkylation sites (N-methyl/N-ethyl adjacent to an activating group) is 4. The van der Waals surface area contributed by atoms with Gasteiger partial charge in [0.25, 0.3) is 0 Å². The third kappa shape index (κ3) is 11.2. The van der Waals surface area contributed by atoms with Crippen LogP contribution in [0.25, 0.3) is 21.5 Å². The zero-order valence-electron chi connectivity index (χ0n) is 40.1. The summed E-state index contributed by atoms with van der Waals surface area (Å²) < 4.78 is 61.0. The van der Waals surface area contributed by atoms with Gasteiger partial charge in [0.2, 0.25) is 43.7 Å². The molecule has 16 nitrogen and oxygen atoms in total. The maximum atomic E-state index is 14.7. The number of nitrogens with zero attached hydrogens (tertiary/aromatic N) is 6. The molecule has 0 radical (unpaired) electrons. The zero-order valence-corrected chi connectivity index (χ0v) is 43.4. The van der Waals surface area contributed by atoms with Crippen molar-refractivity contribution in [2.24, 2.45) is 0 Å². The van der Waals surface area contributed by atoms with E-state index in [-0.39, 0.29) is 62.0 Å². The number of carbonyl (C=O) groups is 4. The molecule has 0 saturated carbocycles. The van der Waals surface area contributed by atoms with Crippen LogP contribution in [0, 0.1) is 0 Å². The highest BCUT2D eigenvalue weighted by molar-refractivity contribution is 8.77. The summed E-state index contributed by atoms with van der Waals surface area (Å²) in [6.45, 7) is -1.17. The monoisotopic (exact) mass is 1050 g/mol. The Labute approximate surface area is 427 Å². The molecule has 2 heterocycles. The molecule has 2 N–H and O–H groups in total. The molecule has 4 amide bonds. The van der Waals surface area contributed by atoms with Gasteiger partial charge in [-0.25, -0.2) is 16.8 Å². The van der Waals surface area contributed by atoms with Crippen molar-refractivity contribution in [3.63, 3.8) is 0 Å². The van der Waals surface area contributed by atoms with E-state index in [2.05, 4.69) is 0 Å². The Morgan fingerprint density at radius 1 is 0.514 bits per heavy atom. The molecular formula is C52H56N6O10S4. The summed E-state index contributed by atoms with van der Waals surface area (Å²) in [6.07, 6.45) is 0.158. The number of hydrogen-bond donors (Lipinski definition) is 2. The van der Waals surface area contributed by atoms with Gasteiger partial charge in [0.1, 0.15) is 12.1 Å². The van der Waals surface area contributed by atoms with Crippen LogP contribution in [0.3, 0.4) is 0 Å². The van der Waals surface area contributed by atoms with Crippen molar-refractivity contribution in [2.75, 3.05) is 64.2 Å². The largest absolute Gasteiger partial charge is 0.392 e. The van der Waals surface area contributed by atoms with E-state index in [1.807, 2.05) is 24.3 Å². The summed E-state index contributed by atoms with van der Waals surface area (Å²) in [5.41, 5.74) is 2.42. The molecule has 0 unspecified atom stereocenters. The molecule has 8 rings (SSSR count). The summed E-state index contributed by atoms with van der Waals surface area (Å²) in [7, 11) is 0.0982. The highest BCUT2D eigenvalue weighted by atomic mass is 33.1. The molecule has 2 saturated heterocycles. The van der Waals surface area contributed by atoms with E-state index in [4.69, 9.17) is 0 Å². The van der Waals surface area contributed by atoms with Crippen LogP contribution in [0.5, 0.6) is 0 Å². The van der Waals surface area contributed by atoms with Crippen molar-refractivity contribution in [2.45, 2.75) is 58.4 Å². The molecular weight excluding hydrogens is 997 g/mol. The highest BCUT2D eigenvalue weighted by Crippen LogP contribution is 2.44. The number of benzene rings is 6. The maximum Gasteiger partial charge on any atom is 0.246 e. The van der Waals surface area contributed by atoms with E-state index in [0.717, 1.165) is 10.8 Å². The average Bonchev–Trinajstić information content (AvgIpc) is 4.05. The van der Waals surface area contributed by atoms with Crippen LogP contribution >= 0.6 is 21.6 Å². The molecule has 0 aromatic heterocycles. The van der Waals surface area contributed by atoms with Gasteiger partial charge in [-0.1, -0.05) is 107 Å². The predicted molar refractivity (Wildman–Crippen MR) is 282 cm³/mol.